The van der Waals surface area contributed by atoms with Crippen LogP contribution in [0.1, 0.15) is 17.5 Å². The van der Waals surface area contributed by atoms with Gasteiger partial charge in [0.2, 0.25) is 15.9 Å². The first-order valence-corrected chi connectivity index (χ1v) is 10.4. The number of hydrogen-bond acceptors (Lipinski definition) is 5. The summed E-state index contributed by atoms with van der Waals surface area (Å²) in [6.07, 6.45) is 0.386. The van der Waals surface area contributed by atoms with Gasteiger partial charge >= 0.3 is 0 Å². The number of anilines is 1. The Balaban J connectivity index is 1.85. The molecule has 1 heterocycles. The van der Waals surface area contributed by atoms with E-state index < -0.39 is 16.1 Å². The Bertz CT molecular complexity index is 983. The fraction of sp³-hybridized carbons (Fsp3) is 0.350. The molecule has 0 aliphatic carbocycles. The van der Waals surface area contributed by atoms with Crippen LogP contribution in [0.4, 0.5) is 5.69 Å². The minimum Gasteiger partial charge on any atom is -0.497 e. The third-order valence-electron chi connectivity index (χ3n) is 4.68. The summed E-state index contributed by atoms with van der Waals surface area (Å²) >= 11 is 0. The Morgan fingerprint density at radius 3 is 2.32 bits per heavy atom. The van der Waals surface area contributed by atoms with E-state index in [4.69, 9.17) is 9.47 Å². The van der Waals surface area contributed by atoms with E-state index >= 15 is 0 Å². The van der Waals surface area contributed by atoms with Crippen LogP contribution in [0.25, 0.3) is 0 Å². The second kappa shape index (κ2) is 7.81. The maximum Gasteiger partial charge on any atom is 0.245 e. The molecule has 0 saturated carbocycles. The molecule has 1 atom stereocenters. The summed E-state index contributed by atoms with van der Waals surface area (Å²) in [4.78, 5) is 14.4. The van der Waals surface area contributed by atoms with Crippen molar-refractivity contribution in [2.75, 3.05) is 25.7 Å². The zero-order valence-electron chi connectivity index (χ0n) is 16.4. The van der Waals surface area contributed by atoms with Crippen LogP contribution in [-0.2, 0) is 14.8 Å². The van der Waals surface area contributed by atoms with E-state index in [2.05, 4.69) is 4.72 Å². The van der Waals surface area contributed by atoms with E-state index in [1.165, 1.54) is 26.4 Å². The quantitative estimate of drug-likeness (QED) is 0.799. The van der Waals surface area contributed by atoms with Crippen molar-refractivity contribution in [2.45, 2.75) is 31.2 Å². The molecule has 150 valence electrons. The highest BCUT2D eigenvalue weighted by Crippen LogP contribution is 2.30. The Kier molecular flexibility index (Phi) is 5.62. The van der Waals surface area contributed by atoms with Crippen molar-refractivity contribution < 1.29 is 22.7 Å². The molecule has 1 N–H and O–H groups in total. The molecule has 1 aliphatic rings. The van der Waals surface area contributed by atoms with Gasteiger partial charge in [-0.25, -0.2) is 8.42 Å². The predicted molar refractivity (Wildman–Crippen MR) is 107 cm³/mol. The molecule has 1 aliphatic heterocycles. The number of rotatable bonds is 6. The zero-order chi connectivity index (χ0) is 20.5. The lowest BCUT2D eigenvalue weighted by molar-refractivity contribution is -0.118. The van der Waals surface area contributed by atoms with Crippen molar-refractivity contribution in [3.05, 3.63) is 47.5 Å². The Morgan fingerprint density at radius 1 is 1.04 bits per heavy atom. The fourth-order valence-electron chi connectivity index (χ4n) is 3.40. The van der Waals surface area contributed by atoms with Gasteiger partial charge in [0.05, 0.1) is 14.2 Å². The van der Waals surface area contributed by atoms with Crippen molar-refractivity contribution in [1.82, 2.24) is 4.72 Å². The van der Waals surface area contributed by atoms with E-state index in [0.29, 0.717) is 18.7 Å². The van der Waals surface area contributed by atoms with Crippen molar-refractivity contribution >= 4 is 21.6 Å². The molecule has 3 rings (SSSR count). The molecule has 0 bridgehead atoms. The van der Waals surface area contributed by atoms with Crippen molar-refractivity contribution in [2.24, 2.45) is 0 Å². The normalized spacial score (nSPS) is 17.1. The molecule has 7 nitrogen and oxygen atoms in total. The molecule has 28 heavy (non-hydrogen) atoms. The van der Waals surface area contributed by atoms with E-state index in [0.717, 1.165) is 16.8 Å². The van der Waals surface area contributed by atoms with Crippen LogP contribution in [0.15, 0.2) is 41.3 Å². The summed E-state index contributed by atoms with van der Waals surface area (Å²) < 4.78 is 38.6. The number of sulfonamides is 1. The smallest absolute Gasteiger partial charge is 0.245 e. The highest BCUT2D eigenvalue weighted by atomic mass is 32.2. The summed E-state index contributed by atoms with van der Waals surface area (Å²) in [5, 5.41) is 0. The van der Waals surface area contributed by atoms with Crippen LogP contribution in [0.2, 0.25) is 0 Å². The lowest BCUT2D eigenvalue weighted by atomic mass is 10.1. The van der Waals surface area contributed by atoms with E-state index in [1.807, 2.05) is 32.0 Å². The number of carbonyl (C=O) groups is 1. The van der Waals surface area contributed by atoms with Gasteiger partial charge in [-0.3, -0.25) is 4.79 Å². The van der Waals surface area contributed by atoms with Gasteiger partial charge in [0.1, 0.15) is 22.4 Å². The maximum atomic E-state index is 12.9. The van der Waals surface area contributed by atoms with Crippen LogP contribution in [-0.4, -0.2) is 41.1 Å². The predicted octanol–water partition coefficient (Wildman–Crippen LogP) is 2.40. The van der Waals surface area contributed by atoms with Gasteiger partial charge in [-0.05, 0) is 55.7 Å². The molecule has 1 saturated heterocycles. The number of aryl methyl sites for hydroxylation is 2. The van der Waals surface area contributed by atoms with Crippen LogP contribution in [0.5, 0.6) is 11.5 Å². The summed E-state index contributed by atoms with van der Waals surface area (Å²) in [5.41, 5.74) is 2.88. The van der Waals surface area contributed by atoms with Crippen LogP contribution < -0.4 is 19.1 Å². The second-order valence-electron chi connectivity index (χ2n) is 6.82. The first kappa shape index (κ1) is 20.2. The molecule has 2 aromatic rings. The summed E-state index contributed by atoms with van der Waals surface area (Å²) in [6.45, 7) is 4.38. The number of carbonyl (C=O) groups excluding carboxylic acids is 1. The Hall–Kier alpha value is -2.58. The number of hydrogen-bond donors (Lipinski definition) is 1. The van der Waals surface area contributed by atoms with Gasteiger partial charge in [-0.15, -0.1) is 0 Å². The molecule has 8 heteroatoms. The third-order valence-corrected chi connectivity index (χ3v) is 6.17. The largest absolute Gasteiger partial charge is 0.497 e. The number of amides is 1. The average molecular weight is 404 g/mol. The average Bonchev–Trinajstić information content (AvgIpc) is 3.00. The van der Waals surface area contributed by atoms with Crippen LogP contribution >= 0.6 is 0 Å². The van der Waals surface area contributed by atoms with Gasteiger partial charge < -0.3 is 14.4 Å². The topological polar surface area (TPSA) is 84.9 Å². The minimum atomic E-state index is -3.98. The summed E-state index contributed by atoms with van der Waals surface area (Å²) in [7, 11) is -1.13. The van der Waals surface area contributed by atoms with Crippen molar-refractivity contribution in [1.29, 1.82) is 0 Å². The second-order valence-corrected chi connectivity index (χ2v) is 8.50. The Morgan fingerprint density at radius 2 is 1.71 bits per heavy atom. The molecule has 0 radical (unpaired) electrons. The van der Waals surface area contributed by atoms with Crippen LogP contribution in [0, 0.1) is 13.8 Å². The van der Waals surface area contributed by atoms with Crippen molar-refractivity contribution in [3.8, 4) is 11.5 Å². The van der Waals surface area contributed by atoms with Gasteiger partial charge in [-0.2, -0.15) is 4.72 Å². The van der Waals surface area contributed by atoms with E-state index in [-0.39, 0.29) is 16.6 Å². The first-order chi connectivity index (χ1) is 13.2. The molecule has 2 aromatic carbocycles. The van der Waals surface area contributed by atoms with Crippen LogP contribution in [0.3, 0.4) is 0 Å². The molecule has 1 fully saturated rings. The lowest BCUT2D eigenvalue weighted by Gasteiger charge is -2.19. The molecule has 0 aromatic heterocycles. The Labute approximate surface area is 165 Å². The molecule has 1 amide bonds. The standard InChI is InChI=1S/C20H24N2O5S/c1-13-9-14(2)11-15(10-13)22-8-7-17(20(22)23)21-28(24,25)19-12-16(26-3)5-6-18(19)27-4/h5-6,9-12,17,21H,7-8H2,1-4H3/t17-/m0/s1. The number of benzene rings is 2. The number of methoxy groups -OCH3 is 2. The SMILES string of the molecule is COc1ccc(OC)c(S(=O)(=O)N[C@H]2CCN(c3cc(C)cc(C)c3)C2=O)c1. The van der Waals surface area contributed by atoms with Gasteiger partial charge in [0.25, 0.3) is 0 Å². The van der Waals surface area contributed by atoms with E-state index in [1.54, 1.807) is 11.0 Å². The zero-order valence-corrected chi connectivity index (χ0v) is 17.2. The fourth-order valence-corrected chi connectivity index (χ4v) is 4.80. The number of ether oxygens (including phenoxy) is 2. The number of nitrogens with zero attached hydrogens (tertiary/aromatic N) is 1. The first-order valence-electron chi connectivity index (χ1n) is 8.89. The maximum absolute atomic E-state index is 12.9. The molecular weight excluding hydrogens is 380 g/mol. The van der Waals surface area contributed by atoms with Gasteiger partial charge in [-0.1, -0.05) is 6.07 Å². The van der Waals surface area contributed by atoms with Gasteiger partial charge in [0, 0.05) is 18.3 Å². The molecule has 0 spiro atoms. The summed E-state index contributed by atoms with van der Waals surface area (Å²) in [5.74, 6) is 0.302. The third kappa shape index (κ3) is 3.98. The van der Waals surface area contributed by atoms with Crippen molar-refractivity contribution in [3.63, 3.8) is 0 Å². The highest BCUT2D eigenvalue weighted by Gasteiger charge is 2.36. The lowest BCUT2D eigenvalue weighted by Crippen LogP contribution is -2.41. The molecule has 0 unspecified atom stereocenters. The monoisotopic (exact) mass is 404 g/mol. The van der Waals surface area contributed by atoms with E-state index in [9.17, 15) is 13.2 Å². The number of nitrogens with one attached hydrogen (secondary N) is 1. The highest BCUT2D eigenvalue weighted by molar-refractivity contribution is 7.89. The molecular formula is C20H24N2O5S. The summed E-state index contributed by atoms with van der Waals surface area (Å²) in [6, 6.07) is 9.55. The minimum absolute atomic E-state index is 0.0630. The van der Waals surface area contributed by atoms with Gasteiger partial charge in [0.15, 0.2) is 0 Å².